The normalized spacial score (nSPS) is 10.9. The number of benzene rings is 2. The number of urea groups is 1. The number of anilines is 1. The average molecular weight is 402 g/mol. The van der Waals surface area contributed by atoms with Crippen LogP contribution in [0.1, 0.15) is 31.2 Å². The van der Waals surface area contributed by atoms with Crippen molar-refractivity contribution in [2.75, 3.05) is 5.32 Å². The molecule has 0 saturated heterocycles. The van der Waals surface area contributed by atoms with Crippen molar-refractivity contribution in [2.24, 2.45) is 0 Å². The van der Waals surface area contributed by atoms with E-state index in [0.29, 0.717) is 23.9 Å². The van der Waals surface area contributed by atoms with Crippen LogP contribution in [0.15, 0.2) is 71.5 Å². The number of hydrogen-bond donors (Lipinski definition) is 2. The number of aromatic nitrogens is 4. The fraction of sp³-hybridized carbons (Fsp3) is 0.182. The predicted octanol–water partition coefficient (Wildman–Crippen LogP) is 4.37. The van der Waals surface area contributed by atoms with Crippen LogP contribution < -0.4 is 10.6 Å². The van der Waals surface area contributed by atoms with Crippen molar-refractivity contribution < 1.29 is 9.32 Å². The smallest absolute Gasteiger partial charge is 0.319 e. The van der Waals surface area contributed by atoms with E-state index in [1.165, 1.54) is 0 Å². The first-order valence-corrected chi connectivity index (χ1v) is 9.67. The molecule has 0 aliphatic carbocycles. The minimum absolute atomic E-state index is 0.200. The van der Waals surface area contributed by atoms with Gasteiger partial charge in [-0.05, 0) is 42.0 Å². The fourth-order valence-corrected chi connectivity index (χ4v) is 2.93. The first-order valence-electron chi connectivity index (χ1n) is 9.67. The third-order valence-electron chi connectivity index (χ3n) is 4.53. The number of carbonyl (C=O) groups excluding carboxylic acids is 1. The molecule has 2 N–H and O–H groups in total. The number of nitrogens with one attached hydrogen (secondary N) is 2. The van der Waals surface area contributed by atoms with E-state index in [-0.39, 0.29) is 11.9 Å². The summed E-state index contributed by atoms with van der Waals surface area (Å²) in [5, 5.41) is 13.9. The van der Waals surface area contributed by atoms with Crippen molar-refractivity contribution in [1.82, 2.24) is 25.2 Å². The summed E-state index contributed by atoms with van der Waals surface area (Å²) >= 11 is 0. The van der Waals surface area contributed by atoms with E-state index < -0.39 is 0 Å². The highest BCUT2D eigenvalue weighted by molar-refractivity contribution is 5.89. The van der Waals surface area contributed by atoms with Crippen molar-refractivity contribution in [2.45, 2.75) is 26.3 Å². The molecule has 0 fully saturated rings. The van der Waals surface area contributed by atoms with Crippen molar-refractivity contribution in [1.29, 1.82) is 0 Å². The molecule has 0 bridgehead atoms. The molecule has 30 heavy (non-hydrogen) atoms. The monoisotopic (exact) mass is 402 g/mol. The second kappa shape index (κ2) is 8.60. The Hall–Kier alpha value is -3.94. The molecule has 0 aliphatic rings. The van der Waals surface area contributed by atoms with E-state index in [1.807, 2.05) is 62.5 Å². The quantitative estimate of drug-likeness (QED) is 0.499. The van der Waals surface area contributed by atoms with E-state index >= 15 is 0 Å². The Balaban J connectivity index is 1.37. The molecule has 4 rings (SSSR count). The van der Waals surface area contributed by atoms with Crippen LogP contribution in [0.4, 0.5) is 10.5 Å². The van der Waals surface area contributed by atoms with Crippen LogP contribution in [0.25, 0.3) is 17.1 Å². The molecule has 2 heterocycles. The Labute approximate surface area is 173 Å². The maximum absolute atomic E-state index is 12.3. The van der Waals surface area contributed by atoms with Crippen LogP contribution in [0, 0.1) is 0 Å². The summed E-state index contributed by atoms with van der Waals surface area (Å²) in [4.78, 5) is 16.7. The Morgan fingerprint density at radius 1 is 1.10 bits per heavy atom. The molecule has 2 aromatic carbocycles. The van der Waals surface area contributed by atoms with E-state index in [0.717, 1.165) is 16.8 Å². The van der Waals surface area contributed by atoms with E-state index in [2.05, 4.69) is 25.9 Å². The van der Waals surface area contributed by atoms with Crippen LogP contribution in [-0.2, 0) is 6.54 Å². The van der Waals surface area contributed by atoms with E-state index in [1.54, 1.807) is 23.0 Å². The van der Waals surface area contributed by atoms with Crippen molar-refractivity contribution in [3.05, 3.63) is 78.4 Å². The van der Waals surface area contributed by atoms with Gasteiger partial charge in [-0.1, -0.05) is 37.2 Å². The summed E-state index contributed by atoms with van der Waals surface area (Å²) in [6, 6.07) is 16.6. The number of hydrogen-bond acceptors (Lipinski definition) is 5. The SMILES string of the molecule is CC(C)c1noc(-c2ccc(NC(=O)NCc3ccccc3-n3cccn3)cc2)n1. The highest BCUT2D eigenvalue weighted by Crippen LogP contribution is 2.22. The van der Waals surface area contributed by atoms with Crippen LogP contribution in [0.3, 0.4) is 0 Å². The third kappa shape index (κ3) is 4.38. The van der Waals surface area contributed by atoms with Gasteiger partial charge in [0.15, 0.2) is 5.82 Å². The lowest BCUT2D eigenvalue weighted by Crippen LogP contribution is -2.28. The summed E-state index contributed by atoms with van der Waals surface area (Å²) in [5.41, 5.74) is 3.35. The van der Waals surface area contributed by atoms with Gasteiger partial charge in [0.05, 0.1) is 5.69 Å². The minimum Gasteiger partial charge on any atom is -0.334 e. The van der Waals surface area contributed by atoms with Gasteiger partial charge in [0, 0.05) is 36.1 Å². The molecule has 0 atom stereocenters. The molecule has 0 spiro atoms. The third-order valence-corrected chi connectivity index (χ3v) is 4.53. The first-order chi connectivity index (χ1) is 14.6. The fourth-order valence-electron chi connectivity index (χ4n) is 2.93. The maximum atomic E-state index is 12.3. The molecular formula is C22H22N6O2. The van der Waals surface area contributed by atoms with Gasteiger partial charge in [0.1, 0.15) is 0 Å². The van der Waals surface area contributed by atoms with E-state index in [4.69, 9.17) is 4.52 Å². The van der Waals surface area contributed by atoms with Gasteiger partial charge < -0.3 is 15.2 Å². The highest BCUT2D eigenvalue weighted by Gasteiger charge is 2.12. The largest absolute Gasteiger partial charge is 0.334 e. The Kier molecular flexibility index (Phi) is 5.56. The number of nitrogens with zero attached hydrogens (tertiary/aromatic N) is 4. The van der Waals surface area contributed by atoms with Crippen molar-refractivity contribution >= 4 is 11.7 Å². The van der Waals surface area contributed by atoms with Gasteiger partial charge >= 0.3 is 6.03 Å². The molecule has 0 saturated carbocycles. The molecule has 152 valence electrons. The first kappa shape index (κ1) is 19.4. The Bertz CT molecular complexity index is 1120. The molecule has 0 radical (unpaired) electrons. The molecule has 2 amide bonds. The lowest BCUT2D eigenvalue weighted by molar-refractivity contribution is 0.251. The standard InChI is InChI=1S/C22H22N6O2/c1-15(2)20-26-21(30-27-20)16-8-10-18(11-9-16)25-22(29)23-14-17-6-3-4-7-19(17)28-13-5-12-24-28/h3-13,15H,14H2,1-2H3,(H2,23,25,29). The van der Waals surface area contributed by atoms with Gasteiger partial charge in [0.25, 0.3) is 5.89 Å². The molecule has 2 aromatic heterocycles. The predicted molar refractivity (Wildman–Crippen MR) is 113 cm³/mol. The molecule has 0 unspecified atom stereocenters. The maximum Gasteiger partial charge on any atom is 0.319 e. The van der Waals surface area contributed by atoms with Crippen molar-refractivity contribution in [3.8, 4) is 17.1 Å². The topological polar surface area (TPSA) is 97.9 Å². The van der Waals surface area contributed by atoms with Crippen LogP contribution >= 0.6 is 0 Å². The summed E-state index contributed by atoms with van der Waals surface area (Å²) in [7, 11) is 0. The molecule has 8 heteroatoms. The highest BCUT2D eigenvalue weighted by atomic mass is 16.5. The Morgan fingerprint density at radius 2 is 1.90 bits per heavy atom. The van der Waals surface area contributed by atoms with Gasteiger partial charge in [0.2, 0.25) is 0 Å². The van der Waals surface area contributed by atoms with Gasteiger partial charge in [-0.2, -0.15) is 10.1 Å². The van der Waals surface area contributed by atoms with Crippen molar-refractivity contribution in [3.63, 3.8) is 0 Å². The zero-order valence-electron chi connectivity index (χ0n) is 16.7. The summed E-state index contributed by atoms with van der Waals surface area (Å²) in [5.74, 6) is 1.33. The molecular weight excluding hydrogens is 380 g/mol. The number of rotatable bonds is 6. The van der Waals surface area contributed by atoms with Gasteiger partial charge in [-0.25, -0.2) is 9.48 Å². The number of amides is 2. The molecule has 4 aromatic rings. The summed E-state index contributed by atoms with van der Waals surface area (Å²) in [6.45, 7) is 4.39. The zero-order chi connectivity index (χ0) is 20.9. The second-order valence-corrected chi connectivity index (χ2v) is 7.08. The van der Waals surface area contributed by atoms with Gasteiger partial charge in [-0.15, -0.1) is 0 Å². The van der Waals surface area contributed by atoms with Crippen LogP contribution in [0.5, 0.6) is 0 Å². The van der Waals surface area contributed by atoms with Crippen LogP contribution in [-0.4, -0.2) is 26.0 Å². The Morgan fingerprint density at radius 3 is 2.60 bits per heavy atom. The summed E-state index contributed by atoms with van der Waals surface area (Å²) < 4.78 is 7.07. The average Bonchev–Trinajstić information content (AvgIpc) is 3.45. The molecule has 0 aliphatic heterocycles. The minimum atomic E-state index is -0.294. The lowest BCUT2D eigenvalue weighted by atomic mass is 10.2. The second-order valence-electron chi connectivity index (χ2n) is 7.08. The van der Waals surface area contributed by atoms with E-state index in [9.17, 15) is 4.79 Å². The van der Waals surface area contributed by atoms with Crippen LogP contribution in [0.2, 0.25) is 0 Å². The molecule has 8 nitrogen and oxygen atoms in total. The summed E-state index contributed by atoms with van der Waals surface area (Å²) in [6.07, 6.45) is 3.59. The lowest BCUT2D eigenvalue weighted by Gasteiger charge is -2.11. The number of para-hydroxylation sites is 1. The van der Waals surface area contributed by atoms with Gasteiger partial charge in [-0.3, -0.25) is 0 Å². The zero-order valence-corrected chi connectivity index (χ0v) is 16.7. The number of carbonyl (C=O) groups is 1.